The first-order valence-electron chi connectivity index (χ1n) is 4.74. The first-order chi connectivity index (χ1) is 8.19. The van der Waals surface area contributed by atoms with Gasteiger partial charge in [0.05, 0.1) is 0 Å². The van der Waals surface area contributed by atoms with Gasteiger partial charge in [-0.25, -0.2) is 4.98 Å². The quantitative estimate of drug-likeness (QED) is 0.844. The smallest absolute Gasteiger partial charge is 0.208 e. The van der Waals surface area contributed by atoms with E-state index in [1.165, 1.54) is 23.1 Å². The minimum Gasteiger partial charge on any atom is -0.353 e. The lowest BCUT2D eigenvalue weighted by atomic mass is 10.4. The molecule has 0 radical (unpaired) electrons. The van der Waals surface area contributed by atoms with Crippen molar-refractivity contribution in [3.05, 3.63) is 24.0 Å². The number of hydrogen-bond donors (Lipinski definition) is 0. The highest BCUT2D eigenvalue weighted by Crippen LogP contribution is 2.32. The molecule has 0 spiro atoms. The van der Waals surface area contributed by atoms with E-state index in [9.17, 15) is 0 Å². The van der Waals surface area contributed by atoms with E-state index in [0.29, 0.717) is 5.69 Å². The van der Waals surface area contributed by atoms with Crippen LogP contribution in [0.2, 0.25) is 0 Å². The van der Waals surface area contributed by atoms with E-state index in [1.807, 2.05) is 31.1 Å². The summed E-state index contributed by atoms with van der Waals surface area (Å²) in [5.41, 5.74) is 0.410. The SMILES string of the molecule is CN(C)c1nnc(Sc2ccnc(C#N)c2)s1. The predicted octanol–water partition coefficient (Wildman–Crippen LogP) is 2.02. The van der Waals surface area contributed by atoms with Crippen molar-refractivity contribution in [1.29, 1.82) is 5.26 Å². The summed E-state index contributed by atoms with van der Waals surface area (Å²) in [6.07, 6.45) is 1.62. The molecule has 5 nitrogen and oxygen atoms in total. The van der Waals surface area contributed by atoms with Gasteiger partial charge in [0.2, 0.25) is 5.13 Å². The highest BCUT2D eigenvalue weighted by atomic mass is 32.2. The van der Waals surface area contributed by atoms with Gasteiger partial charge in [-0.05, 0) is 12.1 Å². The zero-order chi connectivity index (χ0) is 12.3. The number of aromatic nitrogens is 3. The number of anilines is 1. The number of hydrogen-bond acceptors (Lipinski definition) is 7. The predicted molar refractivity (Wildman–Crippen MR) is 67.3 cm³/mol. The molecule has 2 heterocycles. The van der Waals surface area contributed by atoms with Crippen molar-refractivity contribution >= 4 is 28.2 Å². The van der Waals surface area contributed by atoms with Crippen molar-refractivity contribution in [2.45, 2.75) is 9.24 Å². The van der Waals surface area contributed by atoms with Crippen molar-refractivity contribution in [2.75, 3.05) is 19.0 Å². The average Bonchev–Trinajstić information content (AvgIpc) is 2.78. The Morgan fingerprint density at radius 2 is 2.24 bits per heavy atom. The van der Waals surface area contributed by atoms with Crippen LogP contribution in [0.15, 0.2) is 27.6 Å². The van der Waals surface area contributed by atoms with Crippen molar-refractivity contribution in [1.82, 2.24) is 15.2 Å². The Morgan fingerprint density at radius 3 is 2.88 bits per heavy atom. The van der Waals surface area contributed by atoms with Gasteiger partial charge in [-0.3, -0.25) is 0 Å². The number of pyridine rings is 1. The molecule has 0 saturated heterocycles. The first-order valence-corrected chi connectivity index (χ1v) is 6.37. The molecule has 0 aliphatic carbocycles. The molecule has 2 aromatic heterocycles. The summed E-state index contributed by atoms with van der Waals surface area (Å²) in [5.74, 6) is 0. The van der Waals surface area contributed by atoms with Gasteiger partial charge >= 0.3 is 0 Å². The van der Waals surface area contributed by atoms with Crippen LogP contribution in [-0.4, -0.2) is 29.3 Å². The Balaban J connectivity index is 2.17. The second-order valence-electron chi connectivity index (χ2n) is 3.34. The molecule has 0 fully saturated rings. The Kier molecular flexibility index (Phi) is 3.56. The second-order valence-corrected chi connectivity index (χ2v) is 5.61. The first kappa shape index (κ1) is 11.8. The van der Waals surface area contributed by atoms with Crippen LogP contribution >= 0.6 is 23.1 Å². The molecule has 86 valence electrons. The van der Waals surface area contributed by atoms with E-state index < -0.39 is 0 Å². The topological polar surface area (TPSA) is 65.7 Å². The van der Waals surface area contributed by atoms with Crippen LogP contribution in [0.3, 0.4) is 0 Å². The molecule has 0 aliphatic heterocycles. The fraction of sp³-hybridized carbons (Fsp3) is 0.200. The van der Waals surface area contributed by atoms with E-state index in [0.717, 1.165) is 14.4 Å². The Hall–Kier alpha value is -1.65. The minimum atomic E-state index is 0.410. The fourth-order valence-electron chi connectivity index (χ4n) is 1.06. The minimum absolute atomic E-state index is 0.410. The van der Waals surface area contributed by atoms with Crippen LogP contribution < -0.4 is 4.90 Å². The molecule has 0 bridgehead atoms. The Labute approximate surface area is 107 Å². The molecular formula is C10H9N5S2. The number of rotatable bonds is 3. The van der Waals surface area contributed by atoms with Gasteiger partial charge in [0, 0.05) is 25.2 Å². The maximum atomic E-state index is 8.75. The van der Waals surface area contributed by atoms with Gasteiger partial charge in [0.1, 0.15) is 11.8 Å². The normalized spacial score (nSPS) is 9.94. The van der Waals surface area contributed by atoms with Gasteiger partial charge in [-0.15, -0.1) is 10.2 Å². The average molecular weight is 263 g/mol. The van der Waals surface area contributed by atoms with Crippen LogP contribution in [0.25, 0.3) is 0 Å². The van der Waals surface area contributed by atoms with E-state index in [1.54, 1.807) is 12.3 Å². The fourth-order valence-corrected chi connectivity index (χ4v) is 2.82. The zero-order valence-electron chi connectivity index (χ0n) is 9.28. The summed E-state index contributed by atoms with van der Waals surface area (Å²) < 4.78 is 0.851. The second kappa shape index (κ2) is 5.12. The van der Waals surface area contributed by atoms with Gasteiger partial charge < -0.3 is 4.90 Å². The molecule has 0 aliphatic rings. The van der Waals surface area contributed by atoms with Crippen molar-refractivity contribution < 1.29 is 0 Å². The maximum Gasteiger partial charge on any atom is 0.208 e. The molecule has 0 aromatic carbocycles. The molecule has 0 N–H and O–H groups in total. The molecule has 2 aromatic rings. The van der Waals surface area contributed by atoms with Gasteiger partial charge in [0.15, 0.2) is 4.34 Å². The van der Waals surface area contributed by atoms with E-state index >= 15 is 0 Å². The molecule has 17 heavy (non-hydrogen) atoms. The Morgan fingerprint density at radius 1 is 1.41 bits per heavy atom. The van der Waals surface area contributed by atoms with E-state index in [2.05, 4.69) is 15.2 Å². The summed E-state index contributed by atoms with van der Waals surface area (Å²) >= 11 is 3.00. The molecule has 0 unspecified atom stereocenters. The van der Waals surface area contributed by atoms with Crippen LogP contribution in [0.4, 0.5) is 5.13 Å². The summed E-state index contributed by atoms with van der Waals surface area (Å²) in [6.45, 7) is 0. The zero-order valence-corrected chi connectivity index (χ0v) is 10.9. The summed E-state index contributed by atoms with van der Waals surface area (Å²) in [6, 6.07) is 5.60. The van der Waals surface area contributed by atoms with Crippen molar-refractivity contribution in [3.8, 4) is 6.07 Å². The highest BCUT2D eigenvalue weighted by molar-refractivity contribution is 8.01. The summed E-state index contributed by atoms with van der Waals surface area (Å²) in [7, 11) is 3.85. The van der Waals surface area contributed by atoms with Crippen LogP contribution in [-0.2, 0) is 0 Å². The largest absolute Gasteiger partial charge is 0.353 e. The molecule has 0 amide bonds. The van der Waals surface area contributed by atoms with Gasteiger partial charge in [0.25, 0.3) is 0 Å². The van der Waals surface area contributed by atoms with Crippen molar-refractivity contribution in [2.24, 2.45) is 0 Å². The lowest BCUT2D eigenvalue weighted by molar-refractivity contribution is 0.972. The van der Waals surface area contributed by atoms with Crippen LogP contribution in [0.1, 0.15) is 5.69 Å². The third-order valence-corrected chi connectivity index (χ3v) is 3.96. The van der Waals surface area contributed by atoms with E-state index in [-0.39, 0.29) is 0 Å². The third-order valence-electron chi connectivity index (χ3n) is 1.83. The summed E-state index contributed by atoms with van der Waals surface area (Å²) in [5, 5.41) is 17.7. The van der Waals surface area contributed by atoms with E-state index in [4.69, 9.17) is 5.26 Å². The lowest BCUT2D eigenvalue weighted by Crippen LogP contribution is -2.07. The molecule has 0 saturated carbocycles. The lowest BCUT2D eigenvalue weighted by Gasteiger charge is -2.03. The van der Waals surface area contributed by atoms with Gasteiger partial charge in [-0.2, -0.15) is 5.26 Å². The molecule has 0 atom stereocenters. The highest BCUT2D eigenvalue weighted by Gasteiger charge is 2.07. The van der Waals surface area contributed by atoms with Crippen LogP contribution in [0, 0.1) is 11.3 Å². The number of nitriles is 1. The summed E-state index contributed by atoms with van der Waals surface area (Å²) in [4.78, 5) is 6.77. The molecule has 7 heteroatoms. The standard InChI is InChI=1S/C10H9N5S2/c1-15(2)9-13-14-10(17-9)16-8-3-4-12-7(5-8)6-11/h3-5H,1-2H3. The van der Waals surface area contributed by atoms with Crippen molar-refractivity contribution in [3.63, 3.8) is 0 Å². The Bertz CT molecular complexity index is 558. The maximum absolute atomic E-state index is 8.75. The van der Waals surface area contributed by atoms with Gasteiger partial charge in [-0.1, -0.05) is 23.1 Å². The van der Waals surface area contributed by atoms with Crippen LogP contribution in [0.5, 0.6) is 0 Å². The third kappa shape index (κ3) is 2.93. The number of nitrogens with zero attached hydrogens (tertiary/aromatic N) is 5. The molecular weight excluding hydrogens is 254 g/mol. The monoisotopic (exact) mass is 263 g/mol. The molecule has 2 rings (SSSR count).